The van der Waals surface area contributed by atoms with Crippen molar-refractivity contribution in [1.29, 1.82) is 0 Å². The van der Waals surface area contributed by atoms with Crippen LogP contribution in [0.4, 0.5) is 0 Å². The van der Waals surface area contributed by atoms with Crippen molar-refractivity contribution in [1.82, 2.24) is 4.98 Å². The van der Waals surface area contributed by atoms with E-state index in [9.17, 15) is 4.79 Å². The molecule has 1 N–H and O–H groups in total. The van der Waals surface area contributed by atoms with Gasteiger partial charge in [0.1, 0.15) is 7.75 Å². The molecule has 1 aromatic rings. The van der Waals surface area contributed by atoms with Crippen LogP contribution in [0.15, 0.2) is 24.3 Å². The fourth-order valence-corrected chi connectivity index (χ4v) is 21.7. The molecular weight excluding hydrogens is 306 g/mol. The second-order valence-electron chi connectivity index (χ2n) is 7.19. The Labute approximate surface area is 131 Å². The van der Waals surface area contributed by atoms with E-state index in [1.807, 2.05) is 12.1 Å². The molecule has 2 rings (SSSR count). The van der Waals surface area contributed by atoms with Crippen molar-refractivity contribution in [3.05, 3.63) is 41.0 Å². The Balaban J connectivity index is 2.27. The number of nitrogens with one attached hydrogen (secondary N) is 1. The SMILES string of the molecule is C[Si](C)[Si](C)(C)[Si](C)(C)NC(=O)c1cccc2c1C=CC2. The molecule has 5 heteroatoms. The van der Waals surface area contributed by atoms with Gasteiger partial charge >= 0.3 is 0 Å². The summed E-state index contributed by atoms with van der Waals surface area (Å²) in [7, 11) is -3.38. The van der Waals surface area contributed by atoms with E-state index in [1.54, 1.807) is 0 Å². The van der Waals surface area contributed by atoms with Crippen LogP contribution in [0.2, 0.25) is 39.3 Å². The molecule has 21 heavy (non-hydrogen) atoms. The first-order valence-electron chi connectivity index (χ1n) is 7.58. The van der Waals surface area contributed by atoms with Crippen LogP contribution >= 0.6 is 0 Å². The summed E-state index contributed by atoms with van der Waals surface area (Å²) in [6, 6.07) is 6.09. The van der Waals surface area contributed by atoms with Gasteiger partial charge in [0.15, 0.2) is 0 Å². The average Bonchev–Trinajstić information content (AvgIpc) is 2.85. The predicted molar refractivity (Wildman–Crippen MR) is 99.1 cm³/mol. The van der Waals surface area contributed by atoms with Gasteiger partial charge in [-0.3, -0.25) is 4.79 Å². The average molecular weight is 333 g/mol. The summed E-state index contributed by atoms with van der Waals surface area (Å²) in [5.41, 5.74) is 3.25. The number of rotatable bonds is 4. The van der Waals surface area contributed by atoms with Gasteiger partial charge < -0.3 is 4.98 Å². The van der Waals surface area contributed by atoms with Gasteiger partial charge in [-0.2, -0.15) is 0 Å². The van der Waals surface area contributed by atoms with Crippen molar-refractivity contribution in [3.8, 4) is 0 Å². The third kappa shape index (κ3) is 3.00. The Kier molecular flexibility index (Phi) is 4.47. The van der Waals surface area contributed by atoms with Gasteiger partial charge in [0.05, 0.1) is 7.11 Å². The lowest BCUT2D eigenvalue weighted by molar-refractivity contribution is 0.0978. The van der Waals surface area contributed by atoms with Gasteiger partial charge in [-0.1, -0.05) is 63.6 Å². The number of allylic oxidation sites excluding steroid dienone is 1. The van der Waals surface area contributed by atoms with Crippen LogP contribution < -0.4 is 4.98 Å². The zero-order valence-corrected chi connectivity index (χ0v) is 17.0. The van der Waals surface area contributed by atoms with E-state index < -0.39 is 14.9 Å². The van der Waals surface area contributed by atoms with E-state index in [0.29, 0.717) is 0 Å². The molecule has 0 fully saturated rings. The standard InChI is InChI=1S/C16H26NOSi3/c1-19(2)21(5,6)20(3,4)17-16(18)15-12-8-10-13-9-7-11-14(13)15/h7-8,10-12H,9H2,1-6H3,(H,17,18). The van der Waals surface area contributed by atoms with E-state index in [4.69, 9.17) is 0 Å². The van der Waals surface area contributed by atoms with Crippen LogP contribution in [0.1, 0.15) is 21.5 Å². The number of hydrogen-bond donors (Lipinski definition) is 1. The van der Waals surface area contributed by atoms with E-state index in [0.717, 1.165) is 17.5 Å². The van der Waals surface area contributed by atoms with E-state index in [1.165, 1.54) is 5.56 Å². The van der Waals surface area contributed by atoms with Crippen molar-refractivity contribution in [2.24, 2.45) is 0 Å². The molecule has 1 amide bonds. The lowest BCUT2D eigenvalue weighted by atomic mass is 10.0. The van der Waals surface area contributed by atoms with Gasteiger partial charge in [0.25, 0.3) is 0 Å². The summed E-state index contributed by atoms with van der Waals surface area (Å²) >= 11 is 0. The molecule has 0 bridgehead atoms. The number of carbonyl (C=O) groups excluding carboxylic acids is 1. The highest BCUT2D eigenvalue weighted by atomic mass is 29.6. The Morgan fingerprint density at radius 3 is 2.48 bits per heavy atom. The molecular formula is C16H26NOSi3. The first-order valence-corrected chi connectivity index (χ1v) is 18.1. The molecule has 0 aliphatic heterocycles. The first-order chi connectivity index (χ1) is 9.67. The number of carbonyl (C=O) groups is 1. The largest absolute Gasteiger partial charge is 0.381 e. The molecule has 0 aromatic heterocycles. The summed E-state index contributed by atoms with van der Waals surface area (Å²) in [6.07, 6.45) is 5.19. The maximum Gasteiger partial charge on any atom is 0.243 e. The van der Waals surface area contributed by atoms with E-state index in [-0.39, 0.29) is 14.2 Å². The van der Waals surface area contributed by atoms with Crippen LogP contribution in [0.5, 0.6) is 0 Å². The molecule has 1 aliphatic rings. The van der Waals surface area contributed by atoms with Crippen molar-refractivity contribution < 1.29 is 4.79 Å². The van der Waals surface area contributed by atoms with Crippen molar-refractivity contribution >= 4 is 35.2 Å². The Morgan fingerprint density at radius 2 is 1.86 bits per heavy atom. The normalized spacial score (nSPS) is 14.4. The second kappa shape index (κ2) is 5.70. The zero-order valence-electron chi connectivity index (χ0n) is 14.0. The summed E-state index contributed by atoms with van der Waals surface area (Å²) < 4.78 is 0. The minimum absolute atomic E-state index is 0.138. The molecule has 1 aromatic carbocycles. The maximum absolute atomic E-state index is 12.8. The predicted octanol–water partition coefficient (Wildman–Crippen LogP) is 3.81. The lowest BCUT2D eigenvalue weighted by Gasteiger charge is -2.41. The summed E-state index contributed by atoms with van der Waals surface area (Å²) in [4.78, 5) is 16.3. The molecule has 0 spiro atoms. The zero-order chi connectivity index (χ0) is 15.8. The molecule has 1 radical (unpaired) electrons. The van der Waals surface area contributed by atoms with Crippen LogP contribution in [-0.4, -0.2) is 29.1 Å². The van der Waals surface area contributed by atoms with Crippen LogP contribution in [0, 0.1) is 0 Å². The molecule has 0 unspecified atom stereocenters. The molecule has 0 saturated carbocycles. The Hall–Kier alpha value is -0.919. The van der Waals surface area contributed by atoms with Crippen LogP contribution in [0.25, 0.3) is 6.08 Å². The topological polar surface area (TPSA) is 29.1 Å². The fourth-order valence-electron chi connectivity index (χ4n) is 2.62. The van der Waals surface area contributed by atoms with Gasteiger partial charge in [0, 0.05) is 13.9 Å². The van der Waals surface area contributed by atoms with Crippen molar-refractivity contribution in [2.45, 2.75) is 45.7 Å². The highest BCUT2D eigenvalue weighted by molar-refractivity contribution is 7.63. The molecule has 0 atom stereocenters. The minimum atomic E-state index is -1.71. The third-order valence-corrected chi connectivity index (χ3v) is 39.2. The van der Waals surface area contributed by atoms with Crippen LogP contribution in [-0.2, 0) is 6.42 Å². The first kappa shape index (κ1) is 16.5. The molecule has 113 valence electrons. The fraction of sp³-hybridized carbons (Fsp3) is 0.438. The number of amides is 1. The van der Waals surface area contributed by atoms with Gasteiger partial charge in [-0.05, 0) is 23.6 Å². The Bertz CT molecular complexity index is 591. The van der Waals surface area contributed by atoms with Crippen LogP contribution in [0.3, 0.4) is 0 Å². The smallest absolute Gasteiger partial charge is 0.243 e. The Morgan fingerprint density at radius 1 is 1.19 bits per heavy atom. The molecule has 1 aliphatic carbocycles. The van der Waals surface area contributed by atoms with Gasteiger partial charge in [-0.15, -0.1) is 0 Å². The second-order valence-corrected chi connectivity index (χ2v) is 31.7. The molecule has 2 nitrogen and oxygen atoms in total. The summed E-state index contributed by atoms with van der Waals surface area (Å²) in [6.45, 7) is 14.4. The summed E-state index contributed by atoms with van der Waals surface area (Å²) in [5, 5.41) is 0. The quantitative estimate of drug-likeness (QED) is 0.835. The number of hydrogen-bond acceptors (Lipinski definition) is 1. The van der Waals surface area contributed by atoms with Crippen molar-refractivity contribution in [2.75, 3.05) is 0 Å². The maximum atomic E-state index is 12.8. The molecule has 0 saturated heterocycles. The van der Waals surface area contributed by atoms with E-state index >= 15 is 0 Å². The monoisotopic (exact) mass is 332 g/mol. The molecule has 0 heterocycles. The highest BCUT2D eigenvalue weighted by Gasteiger charge is 2.45. The third-order valence-electron chi connectivity index (χ3n) is 5.30. The summed E-state index contributed by atoms with van der Waals surface area (Å²) in [5.74, 6) is 0.138. The van der Waals surface area contributed by atoms with Crippen molar-refractivity contribution in [3.63, 3.8) is 0 Å². The van der Waals surface area contributed by atoms with Gasteiger partial charge in [0.2, 0.25) is 5.91 Å². The van der Waals surface area contributed by atoms with Gasteiger partial charge in [-0.25, -0.2) is 0 Å². The lowest BCUT2D eigenvalue weighted by Crippen LogP contribution is -2.71. The number of benzene rings is 1. The van der Waals surface area contributed by atoms with E-state index in [2.05, 4.69) is 62.5 Å². The minimum Gasteiger partial charge on any atom is -0.381 e. The highest BCUT2D eigenvalue weighted by Crippen LogP contribution is 2.25. The number of fused-ring (bicyclic) bond motifs is 1.